The number of ketones is 1. The molecule has 0 aliphatic carbocycles. The fourth-order valence-corrected chi connectivity index (χ4v) is 1.65. The van der Waals surface area contributed by atoms with Crippen molar-refractivity contribution < 1.29 is 18.7 Å². The number of carbonyl (C=O) groups is 2. The summed E-state index contributed by atoms with van der Waals surface area (Å²) in [5.41, 5.74) is -0.00589. The maximum absolute atomic E-state index is 11.8. The van der Waals surface area contributed by atoms with Crippen LogP contribution in [0.3, 0.4) is 0 Å². The van der Waals surface area contributed by atoms with Gasteiger partial charge >= 0.3 is 6.09 Å². The van der Waals surface area contributed by atoms with E-state index in [1.807, 2.05) is 0 Å². The van der Waals surface area contributed by atoms with Gasteiger partial charge in [-0.05, 0) is 26.8 Å². The molecule has 17 heavy (non-hydrogen) atoms. The number of carbonyl (C=O) groups excluding carboxylic acids is 2. The van der Waals surface area contributed by atoms with Gasteiger partial charge in [-0.15, -0.1) is 0 Å². The van der Waals surface area contributed by atoms with Gasteiger partial charge in [0.05, 0.1) is 24.9 Å². The number of fused-ring (bicyclic) bond motifs is 1. The van der Waals surface area contributed by atoms with Crippen molar-refractivity contribution in [3.63, 3.8) is 0 Å². The molecule has 0 unspecified atom stereocenters. The molecule has 5 heteroatoms. The van der Waals surface area contributed by atoms with Gasteiger partial charge in [0, 0.05) is 0 Å². The lowest BCUT2D eigenvalue weighted by molar-refractivity contribution is 0.0206. The number of hydrogen-bond acceptors (Lipinski definition) is 4. The first-order valence-corrected chi connectivity index (χ1v) is 5.44. The van der Waals surface area contributed by atoms with Crippen LogP contribution in [-0.2, 0) is 11.3 Å². The van der Waals surface area contributed by atoms with Crippen molar-refractivity contribution in [1.29, 1.82) is 0 Å². The number of furan rings is 1. The average Bonchev–Trinajstić information content (AvgIpc) is 2.63. The van der Waals surface area contributed by atoms with Crippen LogP contribution in [0.2, 0.25) is 0 Å². The van der Waals surface area contributed by atoms with Crippen molar-refractivity contribution in [3.8, 4) is 0 Å². The zero-order valence-corrected chi connectivity index (χ0v) is 10.1. The van der Waals surface area contributed by atoms with Gasteiger partial charge in [-0.3, -0.25) is 9.69 Å². The standard InChI is InChI=1S/C12H15NO4/c1-12(2,3)17-11(15)13-6-9(14)8-4-5-16-10(8)7-13/h4-5H,6-7H2,1-3H3. The molecule has 5 nitrogen and oxygen atoms in total. The fourth-order valence-electron chi connectivity index (χ4n) is 1.65. The predicted molar refractivity (Wildman–Crippen MR) is 59.7 cm³/mol. The summed E-state index contributed by atoms with van der Waals surface area (Å²) in [4.78, 5) is 24.9. The highest BCUT2D eigenvalue weighted by Gasteiger charge is 2.31. The van der Waals surface area contributed by atoms with Crippen LogP contribution in [0.5, 0.6) is 0 Å². The van der Waals surface area contributed by atoms with E-state index in [9.17, 15) is 9.59 Å². The summed E-state index contributed by atoms with van der Waals surface area (Å²) in [5.74, 6) is 0.401. The quantitative estimate of drug-likeness (QED) is 0.694. The second-order valence-corrected chi connectivity index (χ2v) is 5.02. The van der Waals surface area contributed by atoms with Gasteiger partial charge in [0.2, 0.25) is 0 Å². The van der Waals surface area contributed by atoms with Crippen molar-refractivity contribution in [3.05, 3.63) is 23.7 Å². The molecule has 0 radical (unpaired) electrons. The normalized spacial score (nSPS) is 15.7. The molecule has 0 spiro atoms. The topological polar surface area (TPSA) is 59.8 Å². The van der Waals surface area contributed by atoms with E-state index in [-0.39, 0.29) is 18.9 Å². The Hall–Kier alpha value is -1.78. The molecule has 0 bridgehead atoms. The Labute approximate surface area is 99.3 Å². The van der Waals surface area contributed by atoms with E-state index in [1.54, 1.807) is 26.8 Å². The number of ether oxygens (including phenoxy) is 1. The molecule has 1 aliphatic heterocycles. The van der Waals surface area contributed by atoms with Gasteiger partial charge in [-0.25, -0.2) is 4.79 Å². The highest BCUT2D eigenvalue weighted by atomic mass is 16.6. The van der Waals surface area contributed by atoms with Crippen molar-refractivity contribution in [1.82, 2.24) is 4.90 Å². The zero-order chi connectivity index (χ0) is 12.6. The van der Waals surface area contributed by atoms with Crippen molar-refractivity contribution in [2.75, 3.05) is 6.54 Å². The first-order chi connectivity index (χ1) is 7.87. The third kappa shape index (κ3) is 2.49. The minimum Gasteiger partial charge on any atom is -0.467 e. The molecule has 0 aromatic carbocycles. The van der Waals surface area contributed by atoms with Crippen molar-refractivity contribution >= 4 is 11.9 Å². The molecule has 0 N–H and O–H groups in total. The van der Waals surface area contributed by atoms with Gasteiger partial charge in [0.25, 0.3) is 0 Å². The molecule has 1 aliphatic rings. The number of nitrogens with zero attached hydrogens (tertiary/aromatic N) is 1. The molecule has 0 fully saturated rings. The van der Waals surface area contributed by atoms with E-state index in [2.05, 4.69) is 0 Å². The molecule has 0 saturated heterocycles. The van der Waals surface area contributed by atoms with Crippen LogP contribution in [0.25, 0.3) is 0 Å². The van der Waals surface area contributed by atoms with Crippen LogP contribution in [0.15, 0.2) is 16.7 Å². The number of amides is 1. The fraction of sp³-hybridized carbons (Fsp3) is 0.500. The summed E-state index contributed by atoms with van der Waals surface area (Å²) in [6.45, 7) is 5.68. The second-order valence-electron chi connectivity index (χ2n) is 5.02. The largest absolute Gasteiger partial charge is 0.467 e. The summed E-state index contributed by atoms with van der Waals surface area (Å²) >= 11 is 0. The minimum absolute atomic E-state index is 0.0431. The third-order valence-electron chi connectivity index (χ3n) is 2.37. The van der Waals surface area contributed by atoms with Crippen LogP contribution in [0.4, 0.5) is 4.79 Å². The lowest BCUT2D eigenvalue weighted by Crippen LogP contribution is -2.42. The molecule has 1 aromatic heterocycles. The average molecular weight is 237 g/mol. The number of Topliss-reactive ketones (excluding diaryl/α,β-unsaturated/α-hetero) is 1. The van der Waals surface area contributed by atoms with Gasteiger partial charge in [-0.2, -0.15) is 0 Å². The third-order valence-corrected chi connectivity index (χ3v) is 2.37. The molecule has 2 rings (SSSR count). The summed E-state index contributed by atoms with van der Waals surface area (Å²) < 4.78 is 10.4. The van der Waals surface area contributed by atoms with E-state index in [4.69, 9.17) is 9.15 Å². The van der Waals surface area contributed by atoms with Crippen LogP contribution in [0, 0.1) is 0 Å². The minimum atomic E-state index is -0.566. The lowest BCUT2D eigenvalue weighted by Gasteiger charge is -2.28. The SMILES string of the molecule is CC(C)(C)OC(=O)N1CC(=O)c2ccoc2C1. The number of hydrogen-bond donors (Lipinski definition) is 0. The predicted octanol–water partition coefficient (Wildman–Crippen LogP) is 2.21. The van der Waals surface area contributed by atoms with Crippen molar-refractivity contribution in [2.24, 2.45) is 0 Å². The second kappa shape index (κ2) is 3.91. The Kier molecular flexibility index (Phi) is 2.69. The lowest BCUT2D eigenvalue weighted by atomic mass is 10.1. The van der Waals surface area contributed by atoms with E-state index >= 15 is 0 Å². The molecule has 1 amide bonds. The summed E-state index contributed by atoms with van der Waals surface area (Å²) in [6, 6.07) is 1.63. The summed E-state index contributed by atoms with van der Waals surface area (Å²) in [7, 11) is 0. The van der Waals surface area contributed by atoms with Crippen LogP contribution < -0.4 is 0 Å². The molecule has 92 valence electrons. The highest BCUT2D eigenvalue weighted by Crippen LogP contribution is 2.21. The monoisotopic (exact) mass is 237 g/mol. The molecule has 1 aromatic rings. The molecular weight excluding hydrogens is 222 g/mol. The Morgan fingerprint density at radius 1 is 1.41 bits per heavy atom. The van der Waals surface area contributed by atoms with Gasteiger partial charge in [-0.1, -0.05) is 0 Å². The van der Waals surface area contributed by atoms with Crippen LogP contribution in [-0.4, -0.2) is 28.9 Å². The Morgan fingerprint density at radius 2 is 2.12 bits per heavy atom. The first kappa shape index (κ1) is 11.7. The first-order valence-electron chi connectivity index (χ1n) is 5.44. The van der Waals surface area contributed by atoms with E-state index in [1.165, 1.54) is 11.2 Å². The summed E-state index contributed by atoms with van der Waals surface area (Å²) in [6.07, 6.45) is 0.967. The Morgan fingerprint density at radius 3 is 2.76 bits per heavy atom. The maximum atomic E-state index is 11.8. The molecule has 0 saturated carbocycles. The Balaban J connectivity index is 2.12. The van der Waals surface area contributed by atoms with Gasteiger partial charge in [0.15, 0.2) is 5.78 Å². The zero-order valence-electron chi connectivity index (χ0n) is 10.1. The highest BCUT2D eigenvalue weighted by molar-refractivity contribution is 6.00. The van der Waals surface area contributed by atoms with Crippen LogP contribution >= 0.6 is 0 Å². The van der Waals surface area contributed by atoms with E-state index in [0.29, 0.717) is 11.3 Å². The van der Waals surface area contributed by atoms with Crippen LogP contribution in [0.1, 0.15) is 36.9 Å². The maximum Gasteiger partial charge on any atom is 0.411 e. The van der Waals surface area contributed by atoms with Crippen molar-refractivity contribution in [2.45, 2.75) is 32.9 Å². The van der Waals surface area contributed by atoms with E-state index < -0.39 is 11.7 Å². The molecular formula is C12H15NO4. The molecule has 2 heterocycles. The summed E-state index contributed by atoms with van der Waals surface area (Å²) in [5, 5.41) is 0. The van der Waals surface area contributed by atoms with E-state index in [0.717, 1.165) is 0 Å². The molecule has 0 atom stereocenters. The van der Waals surface area contributed by atoms with Gasteiger partial charge < -0.3 is 9.15 Å². The number of rotatable bonds is 0. The Bertz CT molecular complexity index is 455. The smallest absolute Gasteiger partial charge is 0.411 e. The van der Waals surface area contributed by atoms with Gasteiger partial charge in [0.1, 0.15) is 11.4 Å².